The number of aldehydes is 1. The van der Waals surface area contributed by atoms with Crippen molar-refractivity contribution in [2.24, 2.45) is 0 Å². The predicted octanol–water partition coefficient (Wildman–Crippen LogP) is 6.25. The first-order chi connectivity index (χ1) is 16.8. The lowest BCUT2D eigenvalue weighted by Crippen LogP contribution is -2.31. The number of nitrogens with one attached hydrogen (secondary N) is 1. The van der Waals surface area contributed by atoms with Crippen molar-refractivity contribution in [3.05, 3.63) is 82.6 Å². The van der Waals surface area contributed by atoms with Crippen molar-refractivity contribution in [1.29, 1.82) is 0 Å². The topological polar surface area (TPSA) is 68.3 Å². The lowest BCUT2D eigenvalue weighted by molar-refractivity contribution is -0.120. The summed E-state index contributed by atoms with van der Waals surface area (Å²) in [6, 6.07) is 17.3. The van der Waals surface area contributed by atoms with Gasteiger partial charge in [0.25, 0.3) is 0 Å². The van der Waals surface area contributed by atoms with Gasteiger partial charge >= 0.3 is 0 Å². The Balaban J connectivity index is 1.86. The van der Waals surface area contributed by atoms with E-state index in [0.29, 0.717) is 32.9 Å². The van der Waals surface area contributed by atoms with Gasteiger partial charge in [-0.1, -0.05) is 17.7 Å². The van der Waals surface area contributed by atoms with Crippen LogP contribution in [0.2, 0.25) is 5.02 Å². The van der Waals surface area contributed by atoms with E-state index < -0.39 is 5.82 Å². The van der Waals surface area contributed by atoms with Gasteiger partial charge < -0.3 is 10.1 Å². The molecule has 0 unspecified atom stereocenters. The summed E-state index contributed by atoms with van der Waals surface area (Å²) in [5.41, 5.74) is 4.77. The maximum absolute atomic E-state index is 14.0. The minimum atomic E-state index is -0.475. The van der Waals surface area contributed by atoms with Gasteiger partial charge in [-0.25, -0.2) is 9.37 Å². The molecule has 35 heavy (non-hydrogen) atoms. The Morgan fingerprint density at radius 1 is 1.06 bits per heavy atom. The average molecular weight is 491 g/mol. The molecular weight excluding hydrogens is 467 g/mol. The van der Waals surface area contributed by atoms with Crippen LogP contribution in [0.25, 0.3) is 33.3 Å². The molecule has 0 aliphatic rings. The van der Waals surface area contributed by atoms with Gasteiger partial charge in [-0.3, -0.25) is 9.59 Å². The van der Waals surface area contributed by atoms with E-state index in [1.807, 2.05) is 38.1 Å². The second kappa shape index (κ2) is 10.2. The minimum absolute atomic E-state index is 0.00766. The highest BCUT2D eigenvalue weighted by atomic mass is 35.5. The zero-order chi connectivity index (χ0) is 25.1. The van der Waals surface area contributed by atoms with Crippen molar-refractivity contribution in [2.45, 2.75) is 26.3 Å². The van der Waals surface area contributed by atoms with Gasteiger partial charge in [0.15, 0.2) is 11.6 Å². The van der Waals surface area contributed by atoms with Crippen molar-refractivity contribution < 1.29 is 18.7 Å². The number of carbonyl (C=O) groups is 2. The number of carbonyl (C=O) groups excluding carboxylic acids is 2. The third-order valence-electron chi connectivity index (χ3n) is 5.51. The Hall–Kier alpha value is -3.77. The Morgan fingerprint density at radius 3 is 2.54 bits per heavy atom. The molecule has 0 fully saturated rings. The largest absolute Gasteiger partial charge is 0.494 e. The fourth-order valence-electron chi connectivity index (χ4n) is 3.98. The van der Waals surface area contributed by atoms with E-state index in [2.05, 4.69) is 5.32 Å². The maximum Gasteiger partial charge on any atom is 0.224 e. The molecule has 4 rings (SSSR count). The smallest absolute Gasteiger partial charge is 0.224 e. The molecule has 0 saturated heterocycles. The summed E-state index contributed by atoms with van der Waals surface area (Å²) in [6.45, 7) is 3.79. The number of halogens is 2. The van der Waals surface area contributed by atoms with Crippen LogP contribution in [-0.2, 0) is 11.2 Å². The fraction of sp³-hybridized carbons (Fsp3) is 0.179. The third-order valence-corrected chi connectivity index (χ3v) is 5.73. The normalized spacial score (nSPS) is 11.0. The number of ether oxygens (including phenoxy) is 1. The molecule has 5 nitrogen and oxygen atoms in total. The van der Waals surface area contributed by atoms with Crippen LogP contribution in [0.5, 0.6) is 5.75 Å². The molecule has 0 aliphatic heterocycles. The molecule has 0 atom stereocenters. The summed E-state index contributed by atoms with van der Waals surface area (Å²) in [4.78, 5) is 28.8. The molecule has 0 spiro atoms. The van der Waals surface area contributed by atoms with Gasteiger partial charge in [0.2, 0.25) is 5.91 Å². The van der Waals surface area contributed by atoms with Crippen LogP contribution in [0.1, 0.15) is 29.8 Å². The summed E-state index contributed by atoms with van der Waals surface area (Å²) in [5.74, 6) is -0.514. The van der Waals surface area contributed by atoms with Crippen LogP contribution < -0.4 is 10.1 Å². The molecule has 0 aliphatic carbocycles. The van der Waals surface area contributed by atoms with Crippen molar-refractivity contribution in [1.82, 2.24) is 10.3 Å². The van der Waals surface area contributed by atoms with Crippen molar-refractivity contribution in [3.8, 4) is 28.1 Å². The number of hydrogen-bond acceptors (Lipinski definition) is 4. The zero-order valence-electron chi connectivity index (χ0n) is 19.6. The van der Waals surface area contributed by atoms with Crippen molar-refractivity contribution in [3.63, 3.8) is 0 Å². The van der Waals surface area contributed by atoms with E-state index in [1.165, 1.54) is 13.2 Å². The Bertz CT molecular complexity index is 1440. The van der Waals surface area contributed by atoms with Crippen LogP contribution in [-0.4, -0.2) is 30.3 Å². The summed E-state index contributed by atoms with van der Waals surface area (Å²) in [5, 5.41) is 4.19. The highest BCUT2D eigenvalue weighted by molar-refractivity contribution is 6.31. The predicted molar refractivity (Wildman–Crippen MR) is 137 cm³/mol. The Labute approximate surface area is 207 Å². The van der Waals surface area contributed by atoms with Crippen LogP contribution >= 0.6 is 11.6 Å². The lowest BCUT2D eigenvalue weighted by atomic mass is 9.97. The molecule has 1 heterocycles. The number of benzene rings is 3. The van der Waals surface area contributed by atoms with E-state index in [4.69, 9.17) is 21.3 Å². The standard InChI is InChI=1S/C28H24ClFN2O3/c1-16(2)31-27(34)14-22-11-21-10-18(20-8-17(15-33)9-23(29)12-20)5-7-25(21)32-28(22)19-4-6-24(30)26(13-19)35-3/h4-13,15-16H,14H2,1-3H3,(H,31,34). The lowest BCUT2D eigenvalue weighted by Gasteiger charge is -2.14. The van der Waals surface area contributed by atoms with E-state index in [0.717, 1.165) is 22.8 Å². The quantitative estimate of drug-likeness (QED) is 0.311. The van der Waals surface area contributed by atoms with Crippen molar-refractivity contribution >= 4 is 34.7 Å². The van der Waals surface area contributed by atoms with Crippen LogP contribution in [0.4, 0.5) is 4.39 Å². The van der Waals surface area contributed by atoms with Crippen molar-refractivity contribution in [2.75, 3.05) is 7.11 Å². The van der Waals surface area contributed by atoms with Gasteiger partial charge in [-0.2, -0.15) is 0 Å². The number of pyridine rings is 1. The molecule has 0 saturated carbocycles. The monoisotopic (exact) mass is 490 g/mol. The number of hydrogen-bond donors (Lipinski definition) is 1. The molecule has 1 aromatic heterocycles. The van der Waals surface area contributed by atoms with Gasteiger partial charge in [0, 0.05) is 27.6 Å². The molecule has 1 N–H and O–H groups in total. The summed E-state index contributed by atoms with van der Waals surface area (Å²) in [7, 11) is 1.40. The van der Waals surface area contributed by atoms with Gasteiger partial charge in [0.1, 0.15) is 6.29 Å². The molecule has 1 amide bonds. The second-order valence-corrected chi connectivity index (χ2v) is 8.98. The third kappa shape index (κ3) is 5.49. The SMILES string of the molecule is COc1cc(-c2nc3ccc(-c4cc(Cl)cc(C=O)c4)cc3cc2CC(=O)NC(C)C)ccc1F. The molecular formula is C28H24ClFN2O3. The van der Waals surface area contributed by atoms with Gasteiger partial charge in [-0.15, -0.1) is 0 Å². The fourth-order valence-corrected chi connectivity index (χ4v) is 4.23. The summed E-state index contributed by atoms with van der Waals surface area (Å²) in [6.07, 6.45) is 0.861. The van der Waals surface area contributed by atoms with Crippen LogP contribution in [0.3, 0.4) is 0 Å². The Morgan fingerprint density at radius 2 is 1.83 bits per heavy atom. The molecule has 0 radical (unpaired) electrons. The zero-order valence-corrected chi connectivity index (χ0v) is 20.3. The maximum atomic E-state index is 14.0. The number of methoxy groups -OCH3 is 1. The number of nitrogens with zero attached hydrogens (tertiary/aromatic N) is 1. The molecule has 4 aromatic rings. The highest BCUT2D eigenvalue weighted by Gasteiger charge is 2.16. The van der Waals surface area contributed by atoms with E-state index >= 15 is 0 Å². The average Bonchev–Trinajstić information content (AvgIpc) is 2.82. The highest BCUT2D eigenvalue weighted by Crippen LogP contribution is 2.32. The summed E-state index contributed by atoms with van der Waals surface area (Å²) >= 11 is 6.19. The first-order valence-corrected chi connectivity index (χ1v) is 11.5. The van der Waals surface area contributed by atoms with Crippen LogP contribution in [0, 0.1) is 5.82 Å². The Kier molecular flexibility index (Phi) is 7.12. The number of rotatable bonds is 7. The number of aromatic nitrogens is 1. The van der Waals surface area contributed by atoms with E-state index in [-0.39, 0.29) is 24.1 Å². The van der Waals surface area contributed by atoms with Crippen LogP contribution in [0.15, 0.2) is 60.7 Å². The van der Waals surface area contributed by atoms with Gasteiger partial charge in [0.05, 0.1) is 24.7 Å². The molecule has 178 valence electrons. The molecule has 0 bridgehead atoms. The van der Waals surface area contributed by atoms with E-state index in [9.17, 15) is 14.0 Å². The first kappa shape index (κ1) is 24.4. The molecule has 3 aromatic carbocycles. The summed E-state index contributed by atoms with van der Waals surface area (Å²) < 4.78 is 19.2. The number of fused-ring (bicyclic) bond motifs is 1. The number of amides is 1. The molecule has 7 heteroatoms. The van der Waals surface area contributed by atoms with E-state index in [1.54, 1.807) is 30.3 Å². The second-order valence-electron chi connectivity index (χ2n) is 8.54. The minimum Gasteiger partial charge on any atom is -0.494 e. The first-order valence-electron chi connectivity index (χ1n) is 11.1. The van der Waals surface area contributed by atoms with Gasteiger partial charge in [-0.05, 0) is 85.1 Å².